The Balaban J connectivity index is -0.0000000462. The van der Waals surface area contributed by atoms with Crippen molar-refractivity contribution >= 4 is 5.94 Å². The zero-order valence-electron chi connectivity index (χ0n) is 8.85. The van der Waals surface area contributed by atoms with E-state index >= 15 is 0 Å². The minimum absolute atomic E-state index is 0. The molecule has 0 heterocycles. The molecule has 0 amide bonds. The summed E-state index contributed by atoms with van der Waals surface area (Å²) in [7, 11) is 1.51. The van der Waals surface area contributed by atoms with Crippen molar-refractivity contribution < 1.29 is 45.5 Å². The van der Waals surface area contributed by atoms with Crippen LogP contribution in [0.2, 0.25) is 0 Å². The first kappa shape index (κ1) is 29.6. The summed E-state index contributed by atoms with van der Waals surface area (Å²) in [5.41, 5.74) is 0. The molecule has 1 aliphatic carbocycles. The van der Waals surface area contributed by atoms with E-state index in [1.165, 1.54) is 7.11 Å². The Morgan fingerprint density at radius 2 is 1.35 bits per heavy atom. The molecule has 0 radical (unpaired) electrons. The van der Waals surface area contributed by atoms with Gasteiger partial charge in [0.25, 0.3) is 0 Å². The second-order valence-corrected chi connectivity index (χ2v) is 1.94. The van der Waals surface area contributed by atoms with Crippen LogP contribution in [0.15, 0.2) is 5.76 Å². The largest absolute Gasteiger partial charge is 0 e. The standard InChI is InChI=1S/C6H8O2.4CO.Cr/c1-8-6(4-7)5-2-3-5;4*1-2;/h5H,2-3H2,1H3;;;;;. The van der Waals surface area contributed by atoms with E-state index in [1.807, 2.05) is 0 Å². The van der Waals surface area contributed by atoms with Gasteiger partial charge < -0.3 is 4.74 Å². The summed E-state index contributed by atoms with van der Waals surface area (Å²) in [6, 6.07) is 0. The van der Waals surface area contributed by atoms with E-state index in [1.54, 1.807) is 5.94 Å². The zero-order valence-corrected chi connectivity index (χ0v) is 10.1. The summed E-state index contributed by atoms with van der Waals surface area (Å²) in [4.78, 5) is 9.93. The number of ether oxygens (including phenoxy) is 1. The molecule has 1 rings (SSSR count). The van der Waals surface area contributed by atoms with E-state index in [2.05, 4.69) is 26.6 Å². The van der Waals surface area contributed by atoms with Crippen LogP contribution in [0.4, 0.5) is 0 Å². The Morgan fingerprint density at radius 1 is 1.06 bits per heavy atom. The molecule has 0 spiro atoms. The quantitative estimate of drug-likeness (QED) is 0.319. The fourth-order valence-electron chi connectivity index (χ4n) is 0.637. The molecule has 1 saturated carbocycles. The van der Waals surface area contributed by atoms with Crippen LogP contribution in [-0.2, 0) is 45.5 Å². The van der Waals surface area contributed by atoms with Gasteiger partial charge >= 0.3 is 45.2 Å². The molecule has 0 atom stereocenters. The molecule has 0 aromatic heterocycles. The first-order chi connectivity index (χ1) is 7.88. The predicted molar refractivity (Wildman–Crippen MR) is 44.7 cm³/mol. The summed E-state index contributed by atoms with van der Waals surface area (Å²) in [5.74, 6) is 2.65. The molecule has 1 fully saturated rings. The number of hydrogen-bond donors (Lipinski definition) is 0. The van der Waals surface area contributed by atoms with Crippen molar-refractivity contribution in [3.63, 3.8) is 0 Å². The van der Waals surface area contributed by atoms with Crippen LogP contribution < -0.4 is 0 Å². The number of allylic oxidation sites excluding steroid dienone is 1. The average molecular weight is 276 g/mol. The van der Waals surface area contributed by atoms with Gasteiger partial charge in [0.2, 0.25) is 0 Å². The zero-order chi connectivity index (χ0) is 14.0. The van der Waals surface area contributed by atoms with Crippen molar-refractivity contribution in [3.8, 4) is 0 Å². The Kier molecular flexibility index (Phi) is 63.5. The maximum atomic E-state index is 9.93. The first-order valence-corrected chi connectivity index (χ1v) is 3.49. The smallest absolute Gasteiger partial charge is 0 e. The molecule has 0 saturated heterocycles. The van der Waals surface area contributed by atoms with Crippen molar-refractivity contribution in [1.29, 1.82) is 0 Å². The van der Waals surface area contributed by atoms with Crippen molar-refractivity contribution in [2.75, 3.05) is 7.11 Å². The number of hydrogen-bond acceptors (Lipinski definition) is 2. The van der Waals surface area contributed by atoms with Crippen LogP contribution in [0.3, 0.4) is 0 Å². The molecule has 0 aromatic rings. The fourth-order valence-corrected chi connectivity index (χ4v) is 0.637. The Morgan fingerprint density at radius 3 is 1.41 bits per heavy atom. The second-order valence-electron chi connectivity index (χ2n) is 1.94. The third kappa shape index (κ3) is 25.2. The van der Waals surface area contributed by atoms with Gasteiger partial charge in [-0.05, 0) is 12.8 Å². The van der Waals surface area contributed by atoms with Gasteiger partial charge in [0.15, 0.2) is 11.7 Å². The van der Waals surface area contributed by atoms with Gasteiger partial charge in [-0.3, -0.25) is 0 Å². The molecule has 6 nitrogen and oxygen atoms in total. The number of rotatable bonds is 2. The Labute approximate surface area is 110 Å². The molecular formula is C10H8CrO6. The van der Waals surface area contributed by atoms with Gasteiger partial charge in [-0.25, -0.2) is 4.79 Å². The summed E-state index contributed by atoms with van der Waals surface area (Å²) in [6.45, 7) is 18.0. The van der Waals surface area contributed by atoms with Gasteiger partial charge in [0.1, 0.15) is 0 Å². The van der Waals surface area contributed by atoms with E-state index in [4.69, 9.17) is 23.3 Å². The van der Waals surface area contributed by atoms with E-state index < -0.39 is 0 Å². The van der Waals surface area contributed by atoms with Gasteiger partial charge in [-0.2, -0.15) is 0 Å². The maximum absolute atomic E-state index is 9.93. The second kappa shape index (κ2) is 36.4. The molecule has 0 aromatic carbocycles. The van der Waals surface area contributed by atoms with E-state index in [0.717, 1.165) is 12.8 Å². The summed E-state index contributed by atoms with van der Waals surface area (Å²) in [6.07, 6.45) is 2.19. The molecule has 7 heteroatoms. The summed E-state index contributed by atoms with van der Waals surface area (Å²) >= 11 is 0. The van der Waals surface area contributed by atoms with Gasteiger partial charge in [0, 0.05) is 23.3 Å². The van der Waals surface area contributed by atoms with Crippen molar-refractivity contribution in [1.82, 2.24) is 0 Å². The molecule has 0 bridgehead atoms. The molecule has 0 unspecified atom stereocenters. The topological polar surface area (TPSA) is 106 Å². The minimum Gasteiger partial charge on any atom is 0 e. The third-order valence-electron chi connectivity index (χ3n) is 1.27. The third-order valence-corrected chi connectivity index (χ3v) is 1.27. The first-order valence-electron chi connectivity index (χ1n) is 3.49. The average Bonchev–Trinajstić information content (AvgIpc) is 3.25. The van der Waals surface area contributed by atoms with Crippen molar-refractivity contribution in [3.05, 3.63) is 32.4 Å². The summed E-state index contributed by atoms with van der Waals surface area (Å²) in [5, 5.41) is 0. The van der Waals surface area contributed by atoms with Crippen LogP contribution in [0.25, 0.3) is 0 Å². The maximum Gasteiger partial charge on any atom is 0 e. The molecule has 0 N–H and O–H groups in total. The normalized spacial score (nSPS) is 8.53. The fraction of sp³-hybridized carbons (Fsp3) is 0.400. The number of methoxy groups -OCH3 is 1. The van der Waals surface area contributed by atoms with Crippen LogP contribution in [0.5, 0.6) is 0 Å². The molecule has 0 aliphatic heterocycles. The van der Waals surface area contributed by atoms with Crippen LogP contribution in [0, 0.1) is 32.5 Å². The minimum atomic E-state index is 0. The molecule has 17 heavy (non-hydrogen) atoms. The van der Waals surface area contributed by atoms with Crippen LogP contribution >= 0.6 is 0 Å². The van der Waals surface area contributed by atoms with Gasteiger partial charge in [-0.1, -0.05) is 0 Å². The van der Waals surface area contributed by atoms with E-state index in [-0.39, 0.29) is 17.4 Å². The monoisotopic (exact) mass is 276 g/mol. The van der Waals surface area contributed by atoms with E-state index in [0.29, 0.717) is 11.7 Å². The molecular weight excluding hydrogens is 268 g/mol. The predicted octanol–water partition coefficient (Wildman–Crippen LogP) is 0.606. The Hall–Kier alpha value is -1.26. The van der Waals surface area contributed by atoms with Crippen molar-refractivity contribution in [2.24, 2.45) is 5.92 Å². The summed E-state index contributed by atoms with van der Waals surface area (Å²) < 4.78 is 34.7. The van der Waals surface area contributed by atoms with Crippen LogP contribution in [-0.4, -0.2) is 13.1 Å². The van der Waals surface area contributed by atoms with E-state index in [9.17, 15) is 4.79 Å². The van der Waals surface area contributed by atoms with Gasteiger partial charge in [0.05, 0.1) is 7.11 Å². The van der Waals surface area contributed by atoms with Crippen molar-refractivity contribution in [2.45, 2.75) is 12.8 Å². The van der Waals surface area contributed by atoms with Gasteiger partial charge in [-0.15, -0.1) is 0 Å². The SMILES string of the molecule is COC(=C=O)C1CC1.[C-]#[O+].[C-]#[O+].[C-]#[O+].[C-]#[O+].[Cr]. The molecule has 90 valence electrons. The van der Waals surface area contributed by atoms with Crippen LogP contribution in [0.1, 0.15) is 12.8 Å². The Bertz CT molecular complexity index is 244. The molecule has 1 aliphatic rings. The number of carbonyl (C=O) groups excluding carboxylic acids is 1.